The molecule has 3 aromatic carbocycles. The molecule has 0 aliphatic heterocycles. The molecule has 5 rings (SSSR count). The standard InChI is InChI=1S/C29H20Cl3N3O/c1-18-26-27(20-9-13-22(31)14-10-20)25(16-15-24(36)17-19-7-11-21(30)12-8-19)28(32)33-29(26)35(34-18)23-5-3-2-4-6-23/h2-16H,17H2,1H3/b16-15+. The number of para-hydroxylation sites is 1. The number of nitrogens with zero attached hydrogens (tertiary/aromatic N) is 3. The molecule has 4 nitrogen and oxygen atoms in total. The van der Waals surface area contributed by atoms with Gasteiger partial charge in [-0.15, -0.1) is 0 Å². The first-order chi connectivity index (χ1) is 17.4. The lowest BCUT2D eigenvalue weighted by molar-refractivity contribution is -0.113. The number of aromatic nitrogens is 3. The SMILES string of the molecule is Cc1nn(-c2ccccc2)c2nc(Cl)c(/C=C/C(=O)Cc3ccc(Cl)cc3)c(-c3ccc(Cl)cc3)c12. The number of pyridine rings is 1. The maximum absolute atomic E-state index is 12.8. The maximum atomic E-state index is 12.8. The van der Waals surface area contributed by atoms with Gasteiger partial charge in [-0.25, -0.2) is 9.67 Å². The number of halogens is 3. The van der Waals surface area contributed by atoms with Gasteiger partial charge < -0.3 is 0 Å². The smallest absolute Gasteiger partial charge is 0.165 e. The molecule has 0 saturated carbocycles. The number of ketones is 1. The van der Waals surface area contributed by atoms with E-state index in [1.165, 1.54) is 0 Å². The van der Waals surface area contributed by atoms with E-state index in [0.717, 1.165) is 33.5 Å². The predicted octanol–water partition coefficient (Wildman–Crippen LogP) is 8.18. The van der Waals surface area contributed by atoms with Crippen molar-refractivity contribution in [2.24, 2.45) is 0 Å². The maximum Gasteiger partial charge on any atom is 0.165 e. The van der Waals surface area contributed by atoms with E-state index in [9.17, 15) is 4.79 Å². The summed E-state index contributed by atoms with van der Waals surface area (Å²) in [5.74, 6) is -0.0627. The van der Waals surface area contributed by atoms with Crippen molar-refractivity contribution < 1.29 is 4.79 Å². The van der Waals surface area contributed by atoms with Gasteiger partial charge in [-0.2, -0.15) is 5.10 Å². The van der Waals surface area contributed by atoms with Crippen molar-refractivity contribution in [3.8, 4) is 16.8 Å². The summed E-state index contributed by atoms with van der Waals surface area (Å²) < 4.78 is 1.79. The first-order valence-corrected chi connectivity index (χ1v) is 12.4. The zero-order valence-corrected chi connectivity index (χ0v) is 21.5. The van der Waals surface area contributed by atoms with Gasteiger partial charge in [0.1, 0.15) is 5.15 Å². The van der Waals surface area contributed by atoms with E-state index in [0.29, 0.717) is 21.3 Å². The third kappa shape index (κ3) is 4.93. The van der Waals surface area contributed by atoms with Crippen LogP contribution in [0.15, 0.2) is 84.9 Å². The fourth-order valence-electron chi connectivity index (χ4n) is 4.16. The molecule has 178 valence electrons. The fraction of sp³-hybridized carbons (Fsp3) is 0.0690. The van der Waals surface area contributed by atoms with Gasteiger partial charge in [0, 0.05) is 27.6 Å². The van der Waals surface area contributed by atoms with Crippen molar-refractivity contribution in [2.45, 2.75) is 13.3 Å². The summed E-state index contributed by atoms with van der Waals surface area (Å²) in [7, 11) is 0. The van der Waals surface area contributed by atoms with Crippen molar-refractivity contribution in [2.75, 3.05) is 0 Å². The van der Waals surface area contributed by atoms with Gasteiger partial charge >= 0.3 is 0 Å². The number of aryl methyl sites for hydroxylation is 1. The van der Waals surface area contributed by atoms with E-state index in [2.05, 4.69) is 0 Å². The highest BCUT2D eigenvalue weighted by Gasteiger charge is 2.21. The molecule has 0 aliphatic carbocycles. The number of carbonyl (C=O) groups excluding carboxylic acids is 1. The van der Waals surface area contributed by atoms with Crippen LogP contribution in [0.2, 0.25) is 15.2 Å². The Morgan fingerprint density at radius 2 is 1.53 bits per heavy atom. The van der Waals surface area contributed by atoms with Crippen LogP contribution in [0.5, 0.6) is 0 Å². The molecule has 0 bridgehead atoms. The Labute approximate surface area is 223 Å². The van der Waals surface area contributed by atoms with E-state index in [4.69, 9.17) is 44.9 Å². The summed E-state index contributed by atoms with van der Waals surface area (Å²) in [6, 6.07) is 24.5. The van der Waals surface area contributed by atoms with Crippen molar-refractivity contribution in [3.05, 3.63) is 117 Å². The van der Waals surface area contributed by atoms with E-state index in [-0.39, 0.29) is 17.4 Å². The molecular formula is C29H20Cl3N3O. The number of hydrogen-bond acceptors (Lipinski definition) is 3. The van der Waals surface area contributed by atoms with Gasteiger partial charge in [0.05, 0.1) is 16.8 Å². The number of benzene rings is 3. The quantitative estimate of drug-likeness (QED) is 0.164. The molecule has 0 unspecified atom stereocenters. The second kappa shape index (κ2) is 10.3. The van der Waals surface area contributed by atoms with Crippen LogP contribution in [0, 0.1) is 6.92 Å². The number of rotatable bonds is 6. The summed E-state index contributed by atoms with van der Waals surface area (Å²) in [6.45, 7) is 1.94. The zero-order valence-electron chi connectivity index (χ0n) is 19.3. The lowest BCUT2D eigenvalue weighted by Gasteiger charge is -2.12. The van der Waals surface area contributed by atoms with E-state index >= 15 is 0 Å². The van der Waals surface area contributed by atoms with Crippen LogP contribution in [-0.4, -0.2) is 20.5 Å². The highest BCUT2D eigenvalue weighted by Crippen LogP contribution is 2.38. The van der Waals surface area contributed by atoms with Crippen LogP contribution in [0.1, 0.15) is 16.8 Å². The van der Waals surface area contributed by atoms with Crippen molar-refractivity contribution in [3.63, 3.8) is 0 Å². The Morgan fingerprint density at radius 3 is 2.19 bits per heavy atom. The molecule has 7 heteroatoms. The van der Waals surface area contributed by atoms with Crippen molar-refractivity contribution in [1.82, 2.24) is 14.8 Å². The molecule has 2 heterocycles. The highest BCUT2D eigenvalue weighted by molar-refractivity contribution is 6.32. The number of fused-ring (bicyclic) bond motifs is 1. The molecule has 2 aromatic heterocycles. The molecular weight excluding hydrogens is 513 g/mol. The second-order valence-corrected chi connectivity index (χ2v) is 9.56. The lowest BCUT2D eigenvalue weighted by Crippen LogP contribution is -2.00. The minimum absolute atomic E-state index is 0.0627. The van der Waals surface area contributed by atoms with Crippen LogP contribution < -0.4 is 0 Å². The number of allylic oxidation sites excluding steroid dienone is 1. The molecule has 0 amide bonds. The number of carbonyl (C=O) groups is 1. The van der Waals surface area contributed by atoms with E-state index < -0.39 is 0 Å². The van der Waals surface area contributed by atoms with Crippen LogP contribution in [0.25, 0.3) is 33.9 Å². The molecule has 0 spiro atoms. The zero-order chi connectivity index (χ0) is 25.2. The molecule has 0 N–H and O–H groups in total. The van der Waals surface area contributed by atoms with Gasteiger partial charge in [-0.1, -0.05) is 77.3 Å². The Bertz CT molecular complexity index is 1590. The van der Waals surface area contributed by atoms with Crippen molar-refractivity contribution in [1.29, 1.82) is 0 Å². The molecule has 0 atom stereocenters. The summed E-state index contributed by atoms with van der Waals surface area (Å²) in [5, 5.41) is 7.16. The van der Waals surface area contributed by atoms with E-state index in [1.807, 2.05) is 73.7 Å². The second-order valence-electron chi connectivity index (χ2n) is 8.33. The first kappa shape index (κ1) is 24.3. The number of hydrogen-bond donors (Lipinski definition) is 0. The summed E-state index contributed by atoms with van der Waals surface area (Å²) in [6.07, 6.45) is 3.53. The highest BCUT2D eigenvalue weighted by atomic mass is 35.5. The lowest BCUT2D eigenvalue weighted by atomic mass is 9.96. The molecule has 0 fully saturated rings. The van der Waals surface area contributed by atoms with Crippen molar-refractivity contribution >= 4 is 57.7 Å². The van der Waals surface area contributed by atoms with Crippen LogP contribution in [0.4, 0.5) is 0 Å². The molecule has 0 aliphatic rings. The van der Waals surface area contributed by atoms with Gasteiger partial charge in [0.15, 0.2) is 11.4 Å². The van der Waals surface area contributed by atoms with Crippen LogP contribution in [-0.2, 0) is 11.2 Å². The molecule has 0 saturated heterocycles. The van der Waals surface area contributed by atoms with Gasteiger partial charge in [0.25, 0.3) is 0 Å². The summed E-state index contributed by atoms with van der Waals surface area (Å²) in [4.78, 5) is 17.5. The Balaban J connectivity index is 1.65. The molecule has 0 radical (unpaired) electrons. The Hall–Kier alpha value is -3.44. The first-order valence-electron chi connectivity index (χ1n) is 11.3. The minimum Gasteiger partial charge on any atom is -0.294 e. The minimum atomic E-state index is -0.0627. The third-order valence-corrected chi connectivity index (χ3v) is 6.63. The predicted molar refractivity (Wildman–Crippen MR) is 148 cm³/mol. The van der Waals surface area contributed by atoms with Crippen LogP contribution >= 0.6 is 34.8 Å². The molecule has 5 aromatic rings. The average molecular weight is 533 g/mol. The Morgan fingerprint density at radius 1 is 0.889 bits per heavy atom. The fourth-order valence-corrected chi connectivity index (χ4v) is 4.65. The van der Waals surface area contributed by atoms with E-state index in [1.54, 1.807) is 29.0 Å². The third-order valence-electron chi connectivity index (χ3n) is 5.84. The summed E-state index contributed by atoms with van der Waals surface area (Å²) in [5.41, 5.74) is 5.58. The van der Waals surface area contributed by atoms with Crippen LogP contribution in [0.3, 0.4) is 0 Å². The van der Waals surface area contributed by atoms with Gasteiger partial charge in [-0.3, -0.25) is 4.79 Å². The average Bonchev–Trinajstić information content (AvgIpc) is 3.20. The topological polar surface area (TPSA) is 47.8 Å². The monoisotopic (exact) mass is 531 g/mol. The normalized spacial score (nSPS) is 11.4. The summed E-state index contributed by atoms with van der Waals surface area (Å²) >= 11 is 18.9. The largest absolute Gasteiger partial charge is 0.294 e. The van der Waals surface area contributed by atoms with Gasteiger partial charge in [0.2, 0.25) is 0 Å². The molecule has 36 heavy (non-hydrogen) atoms. The Kier molecular flexibility index (Phi) is 6.92. The van der Waals surface area contributed by atoms with Gasteiger partial charge in [-0.05, 0) is 66.6 Å².